The maximum atomic E-state index is 12.0. The van der Waals surface area contributed by atoms with Crippen LogP contribution in [-0.2, 0) is 6.18 Å². The molecule has 0 saturated heterocycles. The highest BCUT2D eigenvalue weighted by atomic mass is 32.2. The van der Waals surface area contributed by atoms with Crippen molar-refractivity contribution in [2.24, 2.45) is 0 Å². The second-order valence-corrected chi connectivity index (χ2v) is 3.05. The Bertz CT molecular complexity index is 313. The van der Waals surface area contributed by atoms with E-state index < -0.39 is 17.5 Å². The zero-order valence-electron chi connectivity index (χ0n) is 6.59. The monoisotopic (exact) mass is 209 g/mol. The highest BCUT2D eigenvalue weighted by molar-refractivity contribution is 7.98. The van der Waals surface area contributed by atoms with Crippen LogP contribution in [0.3, 0.4) is 0 Å². The van der Waals surface area contributed by atoms with E-state index in [1.807, 2.05) is 0 Å². The van der Waals surface area contributed by atoms with Crippen LogP contribution in [-0.4, -0.2) is 16.3 Å². The number of aromatic nitrogens is 1. The van der Waals surface area contributed by atoms with Crippen LogP contribution in [0.1, 0.15) is 5.56 Å². The molecule has 0 aliphatic rings. The van der Waals surface area contributed by atoms with Crippen LogP contribution < -0.4 is 0 Å². The third-order valence-corrected chi connectivity index (χ3v) is 2.05. The molecule has 6 heteroatoms. The van der Waals surface area contributed by atoms with Gasteiger partial charge in [-0.05, 0) is 12.3 Å². The molecule has 0 atom stereocenters. The fraction of sp³-hybridized carbons (Fsp3) is 0.286. The largest absolute Gasteiger partial charge is 0.505 e. The minimum absolute atomic E-state index is 0.188. The molecule has 13 heavy (non-hydrogen) atoms. The van der Waals surface area contributed by atoms with E-state index in [-0.39, 0.29) is 5.03 Å². The molecule has 1 aromatic rings. The molecule has 0 bridgehead atoms. The number of thioether (sulfide) groups is 1. The Morgan fingerprint density at radius 3 is 2.46 bits per heavy atom. The molecular weight excluding hydrogens is 203 g/mol. The van der Waals surface area contributed by atoms with Crippen molar-refractivity contribution in [1.29, 1.82) is 0 Å². The lowest BCUT2D eigenvalue weighted by atomic mass is 10.3. The van der Waals surface area contributed by atoms with Gasteiger partial charge in [-0.2, -0.15) is 13.2 Å². The average Bonchev–Trinajstić information content (AvgIpc) is 2.02. The molecule has 0 unspecified atom stereocenters. The smallest absolute Gasteiger partial charge is 0.418 e. The number of alkyl halides is 3. The molecule has 0 amide bonds. The first-order valence-corrected chi connectivity index (χ1v) is 4.48. The van der Waals surface area contributed by atoms with E-state index >= 15 is 0 Å². The van der Waals surface area contributed by atoms with Gasteiger partial charge in [0.2, 0.25) is 0 Å². The Hall–Kier alpha value is -0.910. The molecule has 0 fully saturated rings. The van der Waals surface area contributed by atoms with Crippen LogP contribution in [0.2, 0.25) is 0 Å². The second-order valence-electron chi connectivity index (χ2n) is 2.25. The molecule has 1 rings (SSSR count). The van der Waals surface area contributed by atoms with Crippen LogP contribution in [0.15, 0.2) is 17.3 Å². The summed E-state index contributed by atoms with van der Waals surface area (Å²) >= 11 is 1.09. The van der Waals surface area contributed by atoms with Crippen molar-refractivity contribution in [3.05, 3.63) is 17.8 Å². The summed E-state index contributed by atoms with van der Waals surface area (Å²) < 4.78 is 36.1. The van der Waals surface area contributed by atoms with Gasteiger partial charge in [0, 0.05) is 6.20 Å². The Kier molecular flexibility index (Phi) is 2.70. The zero-order chi connectivity index (χ0) is 10.1. The topological polar surface area (TPSA) is 33.1 Å². The number of hydrogen-bond acceptors (Lipinski definition) is 3. The first-order chi connectivity index (χ1) is 5.95. The van der Waals surface area contributed by atoms with Gasteiger partial charge >= 0.3 is 6.18 Å². The van der Waals surface area contributed by atoms with E-state index in [2.05, 4.69) is 4.98 Å². The van der Waals surface area contributed by atoms with E-state index in [9.17, 15) is 13.2 Å². The summed E-state index contributed by atoms with van der Waals surface area (Å²) in [6.07, 6.45) is -2.14. The first kappa shape index (κ1) is 10.2. The van der Waals surface area contributed by atoms with Gasteiger partial charge in [-0.25, -0.2) is 4.98 Å². The van der Waals surface area contributed by atoms with Crippen molar-refractivity contribution in [1.82, 2.24) is 4.98 Å². The van der Waals surface area contributed by atoms with Gasteiger partial charge < -0.3 is 5.11 Å². The number of aromatic hydroxyl groups is 1. The Balaban J connectivity index is 3.10. The van der Waals surface area contributed by atoms with E-state index in [1.165, 1.54) is 0 Å². The molecule has 72 valence electrons. The summed E-state index contributed by atoms with van der Waals surface area (Å²) in [5, 5.41) is 9.26. The Labute approximate surface area is 76.8 Å². The maximum Gasteiger partial charge on any atom is 0.418 e. The standard InChI is InChI=1S/C7H6F3NOS/c1-13-6-5(12)2-4(3-11-6)7(8,9)10/h2-3,12H,1H3. The van der Waals surface area contributed by atoms with Gasteiger partial charge in [-0.1, -0.05) is 0 Å². The quantitative estimate of drug-likeness (QED) is 0.721. The summed E-state index contributed by atoms with van der Waals surface area (Å²) in [7, 11) is 0. The molecule has 0 spiro atoms. The number of nitrogens with zero attached hydrogens (tertiary/aromatic N) is 1. The molecule has 1 N–H and O–H groups in total. The molecule has 0 aliphatic heterocycles. The van der Waals surface area contributed by atoms with Crippen molar-refractivity contribution >= 4 is 11.8 Å². The van der Waals surface area contributed by atoms with E-state index in [1.54, 1.807) is 6.26 Å². The molecule has 0 aliphatic carbocycles. The van der Waals surface area contributed by atoms with Crippen LogP contribution >= 0.6 is 11.8 Å². The highest BCUT2D eigenvalue weighted by Crippen LogP contribution is 2.33. The number of hydrogen-bond donors (Lipinski definition) is 1. The van der Waals surface area contributed by atoms with Gasteiger partial charge in [-0.3, -0.25) is 0 Å². The predicted octanol–water partition coefficient (Wildman–Crippen LogP) is 2.53. The molecule has 1 aromatic heterocycles. The Morgan fingerprint density at radius 2 is 2.08 bits per heavy atom. The number of rotatable bonds is 1. The molecule has 0 aromatic carbocycles. The summed E-state index contributed by atoms with van der Waals surface area (Å²) in [5.74, 6) is -0.442. The van der Waals surface area contributed by atoms with Crippen molar-refractivity contribution in [3.63, 3.8) is 0 Å². The molecule has 0 radical (unpaired) electrons. The highest BCUT2D eigenvalue weighted by Gasteiger charge is 2.31. The van der Waals surface area contributed by atoms with Crippen LogP contribution in [0.5, 0.6) is 5.75 Å². The van der Waals surface area contributed by atoms with E-state index in [4.69, 9.17) is 5.11 Å². The molecule has 0 saturated carbocycles. The van der Waals surface area contributed by atoms with Crippen molar-refractivity contribution in [3.8, 4) is 5.75 Å². The summed E-state index contributed by atoms with van der Waals surface area (Å²) in [4.78, 5) is 3.46. The number of halogens is 3. The number of pyridine rings is 1. The van der Waals surface area contributed by atoms with Gasteiger partial charge in [0.1, 0.15) is 10.8 Å². The summed E-state index contributed by atoms with van der Waals surface area (Å²) in [6.45, 7) is 0. The Morgan fingerprint density at radius 1 is 1.46 bits per heavy atom. The van der Waals surface area contributed by atoms with E-state index in [0.717, 1.165) is 11.8 Å². The molecular formula is C7H6F3NOS. The fourth-order valence-electron chi connectivity index (χ4n) is 0.753. The molecule has 1 heterocycles. The van der Waals surface area contributed by atoms with Gasteiger partial charge in [0.05, 0.1) is 5.56 Å². The second kappa shape index (κ2) is 3.45. The lowest BCUT2D eigenvalue weighted by Gasteiger charge is -2.07. The first-order valence-electron chi connectivity index (χ1n) is 3.25. The van der Waals surface area contributed by atoms with Crippen molar-refractivity contribution in [2.45, 2.75) is 11.2 Å². The lowest BCUT2D eigenvalue weighted by molar-refractivity contribution is -0.138. The third-order valence-electron chi connectivity index (χ3n) is 1.35. The maximum absolute atomic E-state index is 12.0. The normalized spacial score (nSPS) is 11.7. The van der Waals surface area contributed by atoms with Crippen LogP contribution in [0.4, 0.5) is 13.2 Å². The fourth-order valence-corrected chi connectivity index (χ4v) is 1.18. The zero-order valence-corrected chi connectivity index (χ0v) is 7.41. The average molecular weight is 209 g/mol. The van der Waals surface area contributed by atoms with Gasteiger partial charge in [-0.15, -0.1) is 11.8 Å². The lowest BCUT2D eigenvalue weighted by Crippen LogP contribution is -2.05. The van der Waals surface area contributed by atoms with Crippen molar-refractivity contribution in [2.75, 3.05) is 6.26 Å². The summed E-state index contributed by atoms with van der Waals surface area (Å²) in [6, 6.07) is 0.666. The minimum Gasteiger partial charge on any atom is -0.505 e. The third kappa shape index (κ3) is 2.27. The van der Waals surface area contributed by atoms with Gasteiger partial charge in [0.15, 0.2) is 0 Å². The predicted molar refractivity (Wildman–Crippen MR) is 42.7 cm³/mol. The van der Waals surface area contributed by atoms with Crippen LogP contribution in [0.25, 0.3) is 0 Å². The van der Waals surface area contributed by atoms with Crippen molar-refractivity contribution < 1.29 is 18.3 Å². The minimum atomic E-state index is -4.46. The van der Waals surface area contributed by atoms with E-state index in [0.29, 0.717) is 12.3 Å². The summed E-state index contributed by atoms with van der Waals surface area (Å²) in [5.41, 5.74) is -0.942. The van der Waals surface area contributed by atoms with Crippen LogP contribution in [0, 0.1) is 0 Å². The SMILES string of the molecule is CSc1ncc(C(F)(F)F)cc1O. The van der Waals surface area contributed by atoms with Gasteiger partial charge in [0.25, 0.3) is 0 Å². The molecule has 2 nitrogen and oxygen atoms in total.